The second-order valence-electron chi connectivity index (χ2n) is 19.0. The molecule has 3 aromatic carbocycles. The highest BCUT2D eigenvalue weighted by Gasteiger charge is 2.54. The number of benzene rings is 3. The van der Waals surface area contributed by atoms with E-state index in [0.717, 1.165) is 34.2 Å². The van der Waals surface area contributed by atoms with E-state index in [1.54, 1.807) is 67.9 Å². The van der Waals surface area contributed by atoms with Gasteiger partial charge in [-0.3, -0.25) is 0 Å². The molecule has 0 radical (unpaired) electrons. The third-order valence-corrected chi connectivity index (χ3v) is 19.8. The van der Waals surface area contributed by atoms with Crippen LogP contribution in [-0.4, -0.2) is 144 Å². The summed E-state index contributed by atoms with van der Waals surface area (Å²) in [6, 6.07) is 16.7. The number of nitrogens with zero attached hydrogens (tertiary/aromatic N) is 9. The average Bonchev–Trinajstić information content (AvgIpc) is 4.11. The van der Waals surface area contributed by atoms with E-state index in [0.29, 0.717) is 33.6 Å². The fraction of sp³-hybridized carbons (Fsp3) is 0.400. The number of β-amino-alcohol motifs (C(OH)–C–C–N with tert-alkyl or cyclic N) is 3. The smallest absolute Gasteiger partial charge is 0.218 e. The molecule has 0 amide bonds. The van der Waals surface area contributed by atoms with Crippen LogP contribution in [0, 0.1) is 0 Å². The molecule has 0 spiro atoms. The van der Waals surface area contributed by atoms with Gasteiger partial charge in [-0.05, 0) is 59.2 Å². The van der Waals surface area contributed by atoms with E-state index >= 15 is 0 Å². The first-order valence-electron chi connectivity index (χ1n) is 21.9. The lowest BCUT2D eigenvalue weighted by Crippen LogP contribution is -2.43. The van der Waals surface area contributed by atoms with E-state index in [4.69, 9.17) is 0 Å². The molecule has 344 valence electrons. The second kappa shape index (κ2) is 14.2. The topological polar surface area (TPSA) is 226 Å². The van der Waals surface area contributed by atoms with Gasteiger partial charge in [0.25, 0.3) is 0 Å². The molecule has 3 aromatic heterocycles. The summed E-state index contributed by atoms with van der Waals surface area (Å²) in [6.45, 7) is 0.0840. The third-order valence-electron chi connectivity index (χ3n) is 15.0. The van der Waals surface area contributed by atoms with Crippen molar-refractivity contribution >= 4 is 30.1 Å². The highest BCUT2D eigenvalue weighted by Crippen LogP contribution is 2.51. The summed E-state index contributed by atoms with van der Waals surface area (Å²) in [5, 5.41) is 36.4. The average molecular weight is 954 g/mol. The van der Waals surface area contributed by atoms with Crippen LogP contribution in [0.15, 0.2) is 98.2 Å². The number of hydrogen-bond donors (Lipinski definition) is 3. The molecule has 3 fully saturated rings. The molecule has 6 aromatic rings. The molecule has 6 atom stereocenters. The van der Waals surface area contributed by atoms with Crippen LogP contribution in [-0.2, 0) is 41.6 Å². The highest BCUT2D eigenvalue weighted by molar-refractivity contribution is 7.88. The first-order valence-corrected chi connectivity index (χ1v) is 26.9. The van der Waals surface area contributed by atoms with Crippen LogP contribution < -0.4 is 0 Å². The number of fused-ring (bicyclic) bond motifs is 9. The Morgan fingerprint density at radius 3 is 1.33 bits per heavy atom. The maximum atomic E-state index is 14.2. The Morgan fingerprint density at radius 2 is 0.909 bits per heavy atom. The monoisotopic (exact) mass is 953 g/mol. The fourth-order valence-electron chi connectivity index (χ4n) is 11.9. The van der Waals surface area contributed by atoms with Crippen LogP contribution in [0.25, 0.3) is 33.8 Å². The number of aliphatic hydroxyl groups is 3. The zero-order valence-corrected chi connectivity index (χ0v) is 38.2. The molecule has 12 rings (SSSR count). The molecule has 9 heterocycles. The molecule has 6 aliphatic heterocycles. The standard InChI is InChI=1S/C45H47N9O9S3/c1-64(58,59)49-13-10-43(55,23-49)41-33-8-6-29(16-35(33)38-19-47-27-53(38)41)22-66(62,63)51-15-12-45(57,25-51)42-34-9-7-30(17-36(34)39-20-48-28-54(39)42)21-65(60,61)50-14-11-44(56,24-50)40-32-5-3-2-4-31(32)37-18-46-26-52(37)40/h2-9,16-20,26-28,40-42,55-57H,10-15,21-25H2,1H3/t40-,41+,42-,43-,44-,45+/m1/s1. The van der Waals surface area contributed by atoms with E-state index in [1.807, 2.05) is 44.0 Å². The van der Waals surface area contributed by atoms with Gasteiger partial charge in [-0.15, -0.1) is 0 Å². The molecule has 6 aliphatic rings. The van der Waals surface area contributed by atoms with Gasteiger partial charge in [-0.2, -0.15) is 12.9 Å². The van der Waals surface area contributed by atoms with Gasteiger partial charge >= 0.3 is 0 Å². The summed E-state index contributed by atoms with van der Waals surface area (Å²) in [7, 11) is -11.4. The van der Waals surface area contributed by atoms with Crippen molar-refractivity contribution in [2.45, 2.75) is 65.7 Å². The van der Waals surface area contributed by atoms with E-state index < -0.39 is 65.0 Å². The lowest BCUT2D eigenvalue weighted by atomic mass is 9.87. The van der Waals surface area contributed by atoms with E-state index in [1.165, 1.54) is 12.9 Å². The molecule has 0 aliphatic carbocycles. The summed E-state index contributed by atoms with van der Waals surface area (Å²) in [5.41, 5.74) is 3.81. The second-order valence-corrected chi connectivity index (χ2v) is 25.0. The lowest BCUT2D eigenvalue weighted by Gasteiger charge is -2.32. The van der Waals surface area contributed by atoms with Gasteiger partial charge in [0.1, 0.15) is 16.8 Å². The van der Waals surface area contributed by atoms with Gasteiger partial charge in [0.05, 0.1) is 90.5 Å². The minimum atomic E-state index is -3.97. The number of sulfonamides is 3. The molecule has 66 heavy (non-hydrogen) atoms. The van der Waals surface area contributed by atoms with Crippen molar-refractivity contribution in [1.82, 2.24) is 41.6 Å². The molecule has 21 heteroatoms. The summed E-state index contributed by atoms with van der Waals surface area (Å²) in [5.74, 6) is -0.652. The molecule has 18 nitrogen and oxygen atoms in total. The molecule has 3 saturated heterocycles. The molecule has 0 unspecified atom stereocenters. The zero-order chi connectivity index (χ0) is 45.8. The van der Waals surface area contributed by atoms with E-state index in [2.05, 4.69) is 15.0 Å². The van der Waals surface area contributed by atoms with Crippen LogP contribution in [0.3, 0.4) is 0 Å². The van der Waals surface area contributed by atoms with Crippen LogP contribution >= 0.6 is 0 Å². The summed E-state index contributed by atoms with van der Waals surface area (Å²) < 4.78 is 90.8. The highest BCUT2D eigenvalue weighted by atomic mass is 32.2. The van der Waals surface area contributed by atoms with Gasteiger partial charge in [-0.1, -0.05) is 48.5 Å². The number of imidazole rings is 3. The van der Waals surface area contributed by atoms with Gasteiger partial charge in [0.15, 0.2) is 0 Å². The Labute approximate surface area is 381 Å². The first-order chi connectivity index (χ1) is 31.4. The number of aromatic nitrogens is 6. The quantitative estimate of drug-likeness (QED) is 0.180. The molecule has 3 N–H and O–H groups in total. The molecule has 0 saturated carbocycles. The minimum absolute atomic E-state index is 0.0743. The van der Waals surface area contributed by atoms with E-state index in [9.17, 15) is 40.6 Å². The first kappa shape index (κ1) is 42.3. The van der Waals surface area contributed by atoms with Gasteiger partial charge in [-0.25, -0.2) is 40.2 Å². The SMILES string of the molecule is CS(=O)(=O)N1CC[C@](O)([C@@H]2c3ccc(CS(=O)(=O)N4CC[C@@](O)([C@H]5c6ccc(CS(=O)(=O)N7CC[C@](O)([C@H]8c9ccccc9-c9cncn98)C7)cc6-c6cncn65)C4)cc3-c3cncn32)C1. The fourth-order valence-corrected chi connectivity index (χ4v) is 15.9. The third kappa shape index (κ3) is 6.31. The minimum Gasteiger partial charge on any atom is -0.386 e. The maximum absolute atomic E-state index is 14.2. The normalized spacial score (nSPS) is 28.4. The van der Waals surface area contributed by atoms with E-state index in [-0.39, 0.29) is 70.0 Å². The Kier molecular flexibility index (Phi) is 9.10. The predicted octanol–water partition coefficient (Wildman–Crippen LogP) is 2.32. The van der Waals surface area contributed by atoms with Crippen LogP contribution in [0.2, 0.25) is 0 Å². The van der Waals surface area contributed by atoms with Crippen molar-refractivity contribution in [2.24, 2.45) is 0 Å². The zero-order valence-electron chi connectivity index (χ0n) is 35.8. The van der Waals surface area contributed by atoms with Crippen molar-refractivity contribution in [3.05, 3.63) is 126 Å². The van der Waals surface area contributed by atoms with Crippen molar-refractivity contribution in [2.75, 3.05) is 45.5 Å². The van der Waals surface area contributed by atoms with Gasteiger partial charge in [0.2, 0.25) is 30.1 Å². The number of rotatable bonds is 10. The van der Waals surface area contributed by atoms with Crippen molar-refractivity contribution in [3.63, 3.8) is 0 Å². The summed E-state index contributed by atoms with van der Waals surface area (Å²) >= 11 is 0. The molecule has 0 bridgehead atoms. The Bertz CT molecular complexity index is 3350. The Morgan fingerprint density at radius 1 is 0.530 bits per heavy atom. The molecular formula is C45H47N9O9S3. The summed E-state index contributed by atoms with van der Waals surface area (Å²) in [4.78, 5) is 13.0. The van der Waals surface area contributed by atoms with Crippen LogP contribution in [0.4, 0.5) is 0 Å². The predicted molar refractivity (Wildman–Crippen MR) is 241 cm³/mol. The lowest BCUT2D eigenvalue weighted by molar-refractivity contribution is 0.0190. The molecular weight excluding hydrogens is 907 g/mol. The van der Waals surface area contributed by atoms with Crippen molar-refractivity contribution < 1.29 is 40.6 Å². The largest absolute Gasteiger partial charge is 0.386 e. The number of hydrogen-bond acceptors (Lipinski definition) is 12. The Hall–Kier alpha value is -5.10. The van der Waals surface area contributed by atoms with Crippen LogP contribution in [0.1, 0.15) is 65.2 Å². The van der Waals surface area contributed by atoms with Crippen molar-refractivity contribution in [1.29, 1.82) is 0 Å². The van der Waals surface area contributed by atoms with Gasteiger partial charge in [0, 0.05) is 56.0 Å². The maximum Gasteiger partial charge on any atom is 0.218 e. The Balaban J connectivity index is 0.758. The summed E-state index contributed by atoms with van der Waals surface area (Å²) in [6.07, 6.45) is 11.7. The van der Waals surface area contributed by atoms with Gasteiger partial charge < -0.3 is 29.0 Å². The van der Waals surface area contributed by atoms with Crippen LogP contribution in [0.5, 0.6) is 0 Å². The van der Waals surface area contributed by atoms with Crippen molar-refractivity contribution in [3.8, 4) is 33.8 Å².